The first-order valence-electron chi connectivity index (χ1n) is 5.97. The van der Waals surface area contributed by atoms with E-state index in [0.29, 0.717) is 17.3 Å². The lowest BCUT2D eigenvalue weighted by molar-refractivity contribution is 0.0695. The Morgan fingerprint density at radius 2 is 2.05 bits per heavy atom. The summed E-state index contributed by atoms with van der Waals surface area (Å²) >= 11 is 3.06. The molecule has 0 aromatic heterocycles. The van der Waals surface area contributed by atoms with Crippen LogP contribution in [-0.4, -0.2) is 36.7 Å². The highest BCUT2D eigenvalue weighted by molar-refractivity contribution is 9.10. The average Bonchev–Trinajstić information content (AvgIpc) is 2.34. The summed E-state index contributed by atoms with van der Waals surface area (Å²) in [5.74, 6) is -1.21. The van der Waals surface area contributed by atoms with Crippen LogP contribution in [0.4, 0.5) is 0 Å². The molecule has 0 spiro atoms. The molecule has 20 heavy (non-hydrogen) atoms. The van der Waals surface area contributed by atoms with Crippen molar-refractivity contribution in [1.82, 2.24) is 4.72 Å². The molecule has 0 heterocycles. The second-order valence-corrected chi connectivity index (χ2v) is 7.38. The summed E-state index contributed by atoms with van der Waals surface area (Å²) in [4.78, 5) is 10.9. The molecule has 1 fully saturated rings. The van der Waals surface area contributed by atoms with E-state index in [9.17, 15) is 18.3 Å². The van der Waals surface area contributed by atoms with E-state index >= 15 is 0 Å². The maximum atomic E-state index is 12.3. The minimum atomic E-state index is -3.86. The molecule has 1 aliphatic carbocycles. The van der Waals surface area contributed by atoms with Crippen LogP contribution in [-0.2, 0) is 10.0 Å². The van der Waals surface area contributed by atoms with Crippen molar-refractivity contribution in [2.75, 3.05) is 6.61 Å². The van der Waals surface area contributed by atoms with Crippen LogP contribution in [0.3, 0.4) is 0 Å². The molecule has 2 rings (SSSR count). The number of rotatable bonds is 5. The van der Waals surface area contributed by atoms with Gasteiger partial charge in [0.15, 0.2) is 0 Å². The lowest BCUT2D eigenvalue weighted by atomic mass is 9.78. The van der Waals surface area contributed by atoms with Crippen LogP contribution in [0.5, 0.6) is 0 Å². The summed E-state index contributed by atoms with van der Waals surface area (Å²) in [6, 6.07) is 3.80. The maximum absolute atomic E-state index is 12.3. The van der Waals surface area contributed by atoms with Gasteiger partial charge in [0.25, 0.3) is 0 Å². The van der Waals surface area contributed by atoms with Gasteiger partial charge in [-0.15, -0.1) is 0 Å². The van der Waals surface area contributed by atoms with Gasteiger partial charge >= 0.3 is 5.97 Å². The third-order valence-electron chi connectivity index (χ3n) is 3.44. The number of hydrogen-bond donors (Lipinski definition) is 3. The molecule has 110 valence electrons. The van der Waals surface area contributed by atoms with Crippen molar-refractivity contribution in [2.24, 2.45) is 0 Å². The van der Waals surface area contributed by atoms with Gasteiger partial charge in [-0.05, 0) is 53.4 Å². The van der Waals surface area contributed by atoms with Crippen LogP contribution in [0.25, 0.3) is 0 Å². The van der Waals surface area contributed by atoms with E-state index < -0.39 is 21.5 Å². The zero-order chi connectivity index (χ0) is 15.0. The molecule has 0 aliphatic heterocycles. The normalized spacial score (nSPS) is 17.5. The Balaban J connectivity index is 2.35. The van der Waals surface area contributed by atoms with Gasteiger partial charge < -0.3 is 10.2 Å². The van der Waals surface area contributed by atoms with Gasteiger partial charge in [-0.25, -0.2) is 17.9 Å². The fourth-order valence-electron chi connectivity index (χ4n) is 2.08. The van der Waals surface area contributed by atoms with Crippen LogP contribution in [0.2, 0.25) is 0 Å². The number of hydrogen-bond acceptors (Lipinski definition) is 4. The van der Waals surface area contributed by atoms with Crippen molar-refractivity contribution in [3.63, 3.8) is 0 Å². The van der Waals surface area contributed by atoms with Crippen molar-refractivity contribution in [3.05, 3.63) is 28.2 Å². The molecule has 0 unspecified atom stereocenters. The first-order chi connectivity index (χ1) is 9.30. The highest BCUT2D eigenvalue weighted by Crippen LogP contribution is 2.33. The Kier molecular flexibility index (Phi) is 4.19. The van der Waals surface area contributed by atoms with Gasteiger partial charge in [-0.3, -0.25) is 0 Å². The molecular weight excluding hydrogens is 350 g/mol. The molecule has 0 bridgehead atoms. The van der Waals surface area contributed by atoms with E-state index in [1.165, 1.54) is 12.1 Å². The predicted molar refractivity (Wildman–Crippen MR) is 75.1 cm³/mol. The molecular formula is C12H14BrNO5S. The standard InChI is InChI=1S/C12H14BrNO5S/c13-10-3-2-8(6-9(10)11(16)17)20(18,19)14-12(7-15)4-1-5-12/h2-3,6,14-15H,1,4-5,7H2,(H,16,17). The molecule has 1 aromatic rings. The number of carboxylic acids is 1. The molecule has 1 aliphatic rings. The molecule has 1 saturated carbocycles. The van der Waals surface area contributed by atoms with Crippen molar-refractivity contribution < 1.29 is 23.4 Å². The van der Waals surface area contributed by atoms with E-state index in [-0.39, 0.29) is 17.1 Å². The quantitative estimate of drug-likeness (QED) is 0.732. The van der Waals surface area contributed by atoms with E-state index in [2.05, 4.69) is 20.7 Å². The molecule has 0 atom stereocenters. The van der Waals surface area contributed by atoms with Gasteiger partial charge in [0.05, 0.1) is 22.6 Å². The summed E-state index contributed by atoms with van der Waals surface area (Å²) in [5, 5.41) is 18.3. The number of benzene rings is 1. The first kappa shape index (κ1) is 15.4. The molecule has 0 saturated heterocycles. The zero-order valence-electron chi connectivity index (χ0n) is 10.5. The highest BCUT2D eigenvalue weighted by atomic mass is 79.9. The fraction of sp³-hybridized carbons (Fsp3) is 0.417. The number of halogens is 1. The number of nitrogens with one attached hydrogen (secondary N) is 1. The summed E-state index contributed by atoms with van der Waals surface area (Å²) in [6.45, 7) is -0.269. The number of aliphatic hydroxyl groups is 1. The topological polar surface area (TPSA) is 104 Å². The maximum Gasteiger partial charge on any atom is 0.336 e. The Labute approximate surface area is 125 Å². The number of sulfonamides is 1. The number of aliphatic hydroxyl groups excluding tert-OH is 1. The van der Waals surface area contributed by atoms with Gasteiger partial charge in [-0.2, -0.15) is 0 Å². The third kappa shape index (κ3) is 2.88. The molecule has 3 N–H and O–H groups in total. The summed E-state index contributed by atoms with van der Waals surface area (Å²) in [7, 11) is -3.86. The second-order valence-electron chi connectivity index (χ2n) is 4.84. The third-order valence-corrected chi connectivity index (χ3v) is 5.71. The minimum absolute atomic E-state index is 0.125. The van der Waals surface area contributed by atoms with Gasteiger partial charge in [0.1, 0.15) is 0 Å². The lowest BCUT2D eigenvalue weighted by Gasteiger charge is -2.40. The Morgan fingerprint density at radius 1 is 1.40 bits per heavy atom. The SMILES string of the molecule is O=C(O)c1cc(S(=O)(=O)NC2(CO)CCC2)ccc1Br. The van der Waals surface area contributed by atoms with Crippen LogP contribution in [0, 0.1) is 0 Å². The van der Waals surface area contributed by atoms with E-state index in [1.807, 2.05) is 0 Å². The predicted octanol–water partition coefficient (Wildman–Crippen LogP) is 1.34. The number of aromatic carboxylic acids is 1. The number of carboxylic acid groups (broad SMARTS) is 1. The van der Waals surface area contributed by atoms with Gasteiger partial charge in [0.2, 0.25) is 10.0 Å². The molecule has 1 aromatic carbocycles. The van der Waals surface area contributed by atoms with Gasteiger partial charge in [-0.1, -0.05) is 0 Å². The molecule has 0 radical (unpaired) electrons. The Bertz CT molecular complexity index is 634. The van der Waals surface area contributed by atoms with Crippen molar-refractivity contribution in [3.8, 4) is 0 Å². The molecule has 6 nitrogen and oxygen atoms in total. The minimum Gasteiger partial charge on any atom is -0.478 e. The van der Waals surface area contributed by atoms with Crippen LogP contribution < -0.4 is 4.72 Å². The fourth-order valence-corrected chi connectivity index (χ4v) is 3.97. The van der Waals surface area contributed by atoms with E-state index in [0.717, 1.165) is 12.5 Å². The Hall–Kier alpha value is -0.960. The monoisotopic (exact) mass is 363 g/mol. The van der Waals surface area contributed by atoms with Crippen molar-refractivity contribution in [2.45, 2.75) is 29.7 Å². The van der Waals surface area contributed by atoms with E-state index in [4.69, 9.17) is 5.11 Å². The average molecular weight is 364 g/mol. The highest BCUT2D eigenvalue weighted by Gasteiger charge is 2.40. The second kappa shape index (κ2) is 5.44. The lowest BCUT2D eigenvalue weighted by Crippen LogP contribution is -2.55. The van der Waals surface area contributed by atoms with Crippen LogP contribution in [0.15, 0.2) is 27.6 Å². The Morgan fingerprint density at radius 3 is 2.50 bits per heavy atom. The van der Waals surface area contributed by atoms with Crippen molar-refractivity contribution >= 4 is 31.9 Å². The largest absolute Gasteiger partial charge is 0.478 e. The van der Waals surface area contributed by atoms with Crippen LogP contribution >= 0.6 is 15.9 Å². The number of carbonyl (C=O) groups is 1. The summed E-state index contributed by atoms with van der Waals surface area (Å²) in [6.07, 6.45) is 2.00. The van der Waals surface area contributed by atoms with Gasteiger partial charge in [0, 0.05) is 4.47 Å². The molecule has 0 amide bonds. The molecule has 8 heteroatoms. The van der Waals surface area contributed by atoms with E-state index in [1.54, 1.807) is 0 Å². The zero-order valence-corrected chi connectivity index (χ0v) is 12.9. The first-order valence-corrected chi connectivity index (χ1v) is 8.25. The smallest absolute Gasteiger partial charge is 0.336 e. The van der Waals surface area contributed by atoms with Crippen LogP contribution in [0.1, 0.15) is 29.6 Å². The van der Waals surface area contributed by atoms with Crippen molar-refractivity contribution in [1.29, 1.82) is 0 Å². The summed E-state index contributed by atoms with van der Waals surface area (Å²) < 4.78 is 27.3. The summed E-state index contributed by atoms with van der Waals surface area (Å²) in [5.41, 5.74) is -0.936.